The third kappa shape index (κ3) is 26.7. The third-order valence-corrected chi connectivity index (χ3v) is 8.30. The van der Waals surface area contributed by atoms with Crippen LogP contribution in [0.1, 0.15) is 162 Å². The predicted octanol–water partition coefficient (Wildman–Crippen LogP) is 7.29. The first-order valence-electron chi connectivity index (χ1n) is 18.1. The van der Waals surface area contributed by atoms with Crippen molar-refractivity contribution in [2.75, 3.05) is 41.0 Å². The molecule has 0 aromatic carbocycles. The number of carboxylic acids is 1. The lowest BCUT2D eigenvalue weighted by atomic mass is 10.0. The van der Waals surface area contributed by atoms with E-state index in [9.17, 15) is 19.5 Å². The van der Waals surface area contributed by atoms with Gasteiger partial charge in [0.1, 0.15) is 12.6 Å². The number of quaternary nitrogens is 1. The number of carbonyl (C=O) groups is 3. The summed E-state index contributed by atoms with van der Waals surface area (Å²) in [4.78, 5) is 35.4. The molecule has 0 aliphatic carbocycles. The highest BCUT2D eigenvalue weighted by Crippen LogP contribution is 2.15. The zero-order valence-corrected chi connectivity index (χ0v) is 29.3. The average Bonchev–Trinajstić information content (AvgIpc) is 2.97. The summed E-state index contributed by atoms with van der Waals surface area (Å²) in [6, 6.07) is -0.715. The van der Waals surface area contributed by atoms with Crippen LogP contribution in [0.5, 0.6) is 0 Å². The highest BCUT2D eigenvalue weighted by Gasteiger charge is 2.25. The predicted molar refractivity (Wildman–Crippen MR) is 176 cm³/mol. The van der Waals surface area contributed by atoms with Crippen LogP contribution in [-0.2, 0) is 28.6 Å². The number of hydrogen-bond donors (Lipinski definition) is 0. The van der Waals surface area contributed by atoms with Gasteiger partial charge in [0.25, 0.3) is 0 Å². The van der Waals surface area contributed by atoms with Crippen LogP contribution in [0.4, 0.5) is 0 Å². The number of ether oxygens (including phenoxy) is 3. The Balaban J connectivity index is 3.86. The minimum atomic E-state index is -1.13. The van der Waals surface area contributed by atoms with Gasteiger partial charge in [-0.1, -0.05) is 136 Å². The molecule has 0 aromatic rings. The van der Waals surface area contributed by atoms with E-state index in [4.69, 9.17) is 14.2 Å². The molecule has 44 heavy (non-hydrogen) atoms. The number of likely N-dealkylation sites (N-methyl/N-ethyl adjacent to an activating group) is 1. The van der Waals surface area contributed by atoms with Gasteiger partial charge in [-0.15, -0.1) is 0 Å². The van der Waals surface area contributed by atoms with Crippen molar-refractivity contribution in [3.05, 3.63) is 0 Å². The molecule has 0 saturated heterocycles. The van der Waals surface area contributed by atoms with Crippen LogP contribution < -0.4 is 5.11 Å². The molecule has 2 atom stereocenters. The van der Waals surface area contributed by atoms with Crippen LogP contribution in [0, 0.1) is 0 Å². The molecule has 0 saturated carbocycles. The van der Waals surface area contributed by atoms with E-state index in [0.717, 1.165) is 19.3 Å². The quantitative estimate of drug-likeness (QED) is 0.0438. The molecule has 0 fully saturated rings. The molecule has 0 rings (SSSR count). The lowest BCUT2D eigenvalue weighted by molar-refractivity contribution is -0.889. The normalized spacial score (nSPS) is 13.0. The van der Waals surface area contributed by atoms with Crippen molar-refractivity contribution in [3.63, 3.8) is 0 Å². The summed E-state index contributed by atoms with van der Waals surface area (Å²) in [6.45, 7) is 4.11. The van der Waals surface area contributed by atoms with Gasteiger partial charge in [-0.25, -0.2) is 0 Å². The van der Waals surface area contributed by atoms with Crippen molar-refractivity contribution in [3.8, 4) is 0 Å². The summed E-state index contributed by atoms with van der Waals surface area (Å²) in [5, 5.41) is 11.4. The van der Waals surface area contributed by atoms with Crippen LogP contribution in [0.3, 0.4) is 0 Å². The van der Waals surface area contributed by atoms with Crippen LogP contribution in [0.15, 0.2) is 0 Å². The molecule has 0 radical (unpaired) electrons. The standard InChI is InChI=1S/C36H69NO7/c1-6-8-9-10-11-12-13-14-15-16-17-18-19-20-21-22-23-24-25-26-27-35(39)44-32(31-43-34(38)7-2)30-42-29-28-33(36(40)41)37(3,4)5/h32-33H,6-31H2,1-5H3. The molecular weight excluding hydrogens is 558 g/mol. The summed E-state index contributed by atoms with van der Waals surface area (Å²) in [5.74, 6) is -1.83. The van der Waals surface area contributed by atoms with E-state index >= 15 is 0 Å². The highest BCUT2D eigenvalue weighted by molar-refractivity contribution is 5.70. The molecule has 0 aromatic heterocycles. The fourth-order valence-corrected chi connectivity index (χ4v) is 5.40. The van der Waals surface area contributed by atoms with E-state index in [-0.39, 0.29) is 49.1 Å². The lowest BCUT2D eigenvalue weighted by Gasteiger charge is -2.34. The van der Waals surface area contributed by atoms with Crippen molar-refractivity contribution in [1.82, 2.24) is 0 Å². The van der Waals surface area contributed by atoms with Gasteiger partial charge in [0.05, 0.1) is 40.3 Å². The summed E-state index contributed by atoms with van der Waals surface area (Å²) in [5.41, 5.74) is 0. The van der Waals surface area contributed by atoms with Crippen molar-refractivity contribution >= 4 is 17.9 Å². The second-order valence-electron chi connectivity index (χ2n) is 13.4. The summed E-state index contributed by atoms with van der Waals surface area (Å²) < 4.78 is 16.5. The average molecular weight is 628 g/mol. The fourth-order valence-electron chi connectivity index (χ4n) is 5.40. The van der Waals surface area contributed by atoms with Gasteiger partial charge in [-0.3, -0.25) is 9.59 Å². The Morgan fingerprint density at radius 3 is 1.43 bits per heavy atom. The maximum atomic E-state index is 12.4. The van der Waals surface area contributed by atoms with Crippen molar-refractivity contribution in [2.45, 2.75) is 174 Å². The Morgan fingerprint density at radius 1 is 0.614 bits per heavy atom. The molecule has 8 nitrogen and oxygen atoms in total. The number of carbonyl (C=O) groups excluding carboxylic acids is 3. The first-order chi connectivity index (χ1) is 21.1. The van der Waals surface area contributed by atoms with Gasteiger partial charge in [-0.05, 0) is 6.42 Å². The highest BCUT2D eigenvalue weighted by atomic mass is 16.6. The zero-order valence-electron chi connectivity index (χ0n) is 29.3. The van der Waals surface area contributed by atoms with E-state index in [0.29, 0.717) is 6.42 Å². The van der Waals surface area contributed by atoms with E-state index < -0.39 is 18.1 Å². The number of unbranched alkanes of at least 4 members (excludes halogenated alkanes) is 19. The Morgan fingerprint density at radius 2 is 1.05 bits per heavy atom. The Labute approximate surface area is 270 Å². The minimum Gasteiger partial charge on any atom is -0.544 e. The van der Waals surface area contributed by atoms with Crippen molar-refractivity contribution in [2.24, 2.45) is 0 Å². The number of carboxylic acid groups (broad SMARTS) is 1. The maximum absolute atomic E-state index is 12.4. The van der Waals surface area contributed by atoms with Crippen molar-refractivity contribution < 1.29 is 38.2 Å². The minimum absolute atomic E-state index is 0.0406. The van der Waals surface area contributed by atoms with Gasteiger partial charge in [0, 0.05) is 19.3 Å². The zero-order chi connectivity index (χ0) is 32.9. The first kappa shape index (κ1) is 42.3. The molecule has 0 bridgehead atoms. The van der Waals surface area contributed by atoms with E-state index in [1.54, 1.807) is 28.1 Å². The number of nitrogens with zero attached hydrogens (tertiary/aromatic N) is 1. The number of hydrogen-bond acceptors (Lipinski definition) is 7. The molecule has 0 N–H and O–H groups in total. The Bertz CT molecular complexity index is 707. The largest absolute Gasteiger partial charge is 0.544 e. The molecule has 0 amide bonds. The van der Waals surface area contributed by atoms with E-state index in [2.05, 4.69) is 6.92 Å². The Kier molecular flexibility index (Phi) is 27.7. The van der Waals surface area contributed by atoms with Gasteiger partial charge < -0.3 is 28.6 Å². The summed E-state index contributed by atoms with van der Waals surface area (Å²) in [6.07, 6.45) is 26.3. The first-order valence-corrected chi connectivity index (χ1v) is 18.1. The number of rotatable bonds is 32. The van der Waals surface area contributed by atoms with Gasteiger partial charge in [0.2, 0.25) is 0 Å². The fraction of sp³-hybridized carbons (Fsp3) is 0.917. The molecule has 0 heterocycles. The van der Waals surface area contributed by atoms with Crippen LogP contribution in [0.2, 0.25) is 0 Å². The van der Waals surface area contributed by atoms with Crippen LogP contribution in [-0.4, -0.2) is 75.5 Å². The second-order valence-corrected chi connectivity index (χ2v) is 13.4. The molecule has 0 aliphatic heterocycles. The lowest BCUT2D eigenvalue weighted by Crippen LogP contribution is -2.55. The maximum Gasteiger partial charge on any atom is 0.306 e. The molecular formula is C36H69NO7. The van der Waals surface area contributed by atoms with E-state index in [1.165, 1.54) is 109 Å². The number of aliphatic carboxylic acids is 1. The van der Waals surface area contributed by atoms with Gasteiger partial charge in [-0.2, -0.15) is 0 Å². The smallest absolute Gasteiger partial charge is 0.306 e. The SMILES string of the molecule is CCCCCCCCCCCCCCCCCCCCCCC(=O)OC(COCCC(C(=O)[O-])[N+](C)(C)C)COC(=O)CC. The molecule has 260 valence electrons. The van der Waals surface area contributed by atoms with Crippen LogP contribution in [0.25, 0.3) is 0 Å². The van der Waals surface area contributed by atoms with Crippen LogP contribution >= 0.6 is 0 Å². The molecule has 2 unspecified atom stereocenters. The molecule has 8 heteroatoms. The Hall–Kier alpha value is -1.67. The molecule has 0 spiro atoms. The number of esters is 2. The monoisotopic (exact) mass is 628 g/mol. The van der Waals surface area contributed by atoms with Gasteiger partial charge >= 0.3 is 11.9 Å². The van der Waals surface area contributed by atoms with Crippen molar-refractivity contribution in [1.29, 1.82) is 0 Å². The third-order valence-electron chi connectivity index (χ3n) is 8.30. The summed E-state index contributed by atoms with van der Waals surface area (Å²) >= 11 is 0. The van der Waals surface area contributed by atoms with Gasteiger partial charge in [0.15, 0.2) is 6.10 Å². The summed E-state index contributed by atoms with van der Waals surface area (Å²) in [7, 11) is 5.36. The second kappa shape index (κ2) is 28.8. The topological polar surface area (TPSA) is 102 Å². The van der Waals surface area contributed by atoms with E-state index in [1.807, 2.05) is 0 Å². The molecule has 0 aliphatic rings.